The third-order valence-electron chi connectivity index (χ3n) is 4.71. The van der Waals surface area contributed by atoms with Crippen LogP contribution in [0.2, 0.25) is 0 Å². The zero-order valence-corrected chi connectivity index (χ0v) is 15.3. The number of allylic oxidation sites excluding steroid dienone is 2. The molecule has 4 heteroatoms. The maximum absolute atomic E-state index is 6.20. The lowest BCUT2D eigenvalue weighted by atomic mass is 9.83. The van der Waals surface area contributed by atoms with Gasteiger partial charge < -0.3 is 14.0 Å². The molecule has 2 heterocycles. The predicted molar refractivity (Wildman–Crippen MR) is 95.5 cm³/mol. The van der Waals surface area contributed by atoms with E-state index in [0.717, 1.165) is 12.2 Å². The Labute approximate surface area is 144 Å². The molecule has 0 bridgehead atoms. The molecule has 24 heavy (non-hydrogen) atoms. The third kappa shape index (κ3) is 3.34. The Morgan fingerprint density at radius 2 is 2.12 bits per heavy atom. The normalized spacial score (nSPS) is 26.6. The van der Waals surface area contributed by atoms with Gasteiger partial charge in [-0.25, -0.2) is 4.98 Å². The van der Waals surface area contributed by atoms with Gasteiger partial charge >= 0.3 is 0 Å². The lowest BCUT2D eigenvalue weighted by Crippen LogP contribution is -2.39. The van der Waals surface area contributed by atoms with Crippen molar-refractivity contribution in [2.75, 3.05) is 7.11 Å². The maximum Gasteiger partial charge on any atom is 0.111 e. The Morgan fingerprint density at radius 3 is 2.75 bits per heavy atom. The van der Waals surface area contributed by atoms with Crippen molar-refractivity contribution in [3.05, 3.63) is 54.4 Å². The summed E-state index contributed by atoms with van der Waals surface area (Å²) in [6, 6.07) is 0.225. The fourth-order valence-corrected chi connectivity index (χ4v) is 3.62. The van der Waals surface area contributed by atoms with Gasteiger partial charge in [0.25, 0.3) is 0 Å². The van der Waals surface area contributed by atoms with Crippen molar-refractivity contribution in [3.63, 3.8) is 0 Å². The maximum atomic E-state index is 6.20. The van der Waals surface area contributed by atoms with Crippen molar-refractivity contribution in [2.45, 2.75) is 51.9 Å². The topological polar surface area (TPSA) is 36.3 Å². The van der Waals surface area contributed by atoms with E-state index in [9.17, 15) is 0 Å². The van der Waals surface area contributed by atoms with Gasteiger partial charge in [-0.1, -0.05) is 38.2 Å². The molecule has 0 amide bonds. The van der Waals surface area contributed by atoms with Crippen molar-refractivity contribution in [3.8, 4) is 0 Å². The van der Waals surface area contributed by atoms with Crippen LogP contribution in [0.3, 0.4) is 0 Å². The molecule has 2 aliphatic rings. The van der Waals surface area contributed by atoms with Crippen LogP contribution in [-0.4, -0.2) is 28.4 Å². The molecule has 3 atom stereocenters. The summed E-state index contributed by atoms with van der Waals surface area (Å²) in [5, 5.41) is 0. The van der Waals surface area contributed by atoms with Gasteiger partial charge in [0.15, 0.2) is 0 Å². The molecule has 0 N–H and O–H groups in total. The zero-order valence-electron chi connectivity index (χ0n) is 15.3. The van der Waals surface area contributed by atoms with E-state index in [1.165, 1.54) is 5.57 Å². The first-order valence-corrected chi connectivity index (χ1v) is 8.72. The SMILES string of the molecule is COC1=C(C(CC(C)C)n2ccnc2)C=CC2OC(C)(C)C=CC12. The highest BCUT2D eigenvalue weighted by Gasteiger charge is 2.37. The molecule has 3 unspecified atom stereocenters. The second-order valence-corrected chi connectivity index (χ2v) is 7.61. The standard InChI is InChI=1S/C20H28N2O2/c1-14(2)12-17(22-11-10-21-13-22)15-6-7-18-16(19(15)23-5)8-9-20(3,4)24-18/h6-11,13-14,16-18H,12H2,1-5H3. The highest BCUT2D eigenvalue weighted by atomic mass is 16.5. The molecular weight excluding hydrogens is 300 g/mol. The van der Waals surface area contributed by atoms with E-state index in [1.807, 2.05) is 18.7 Å². The monoisotopic (exact) mass is 328 g/mol. The molecule has 4 nitrogen and oxygen atoms in total. The Hall–Kier alpha value is -1.81. The fraction of sp³-hybridized carbons (Fsp3) is 0.550. The van der Waals surface area contributed by atoms with Crippen molar-refractivity contribution < 1.29 is 9.47 Å². The van der Waals surface area contributed by atoms with Crippen LogP contribution in [0.25, 0.3) is 0 Å². The van der Waals surface area contributed by atoms with Gasteiger partial charge in [0, 0.05) is 18.0 Å². The second kappa shape index (κ2) is 6.60. The minimum Gasteiger partial charge on any atom is -0.500 e. The smallest absolute Gasteiger partial charge is 0.111 e. The van der Waals surface area contributed by atoms with Crippen LogP contribution in [0.15, 0.2) is 54.4 Å². The summed E-state index contributed by atoms with van der Waals surface area (Å²) in [6.07, 6.45) is 15.6. The Bertz CT molecular complexity index is 653. The van der Waals surface area contributed by atoms with Crippen molar-refractivity contribution in [1.29, 1.82) is 0 Å². The number of rotatable bonds is 5. The lowest BCUT2D eigenvalue weighted by Gasteiger charge is -2.39. The molecule has 1 aromatic heterocycles. The van der Waals surface area contributed by atoms with Crippen LogP contribution in [0.1, 0.15) is 40.2 Å². The molecular formula is C20H28N2O2. The molecule has 1 aliphatic heterocycles. The number of ether oxygens (including phenoxy) is 2. The first-order valence-electron chi connectivity index (χ1n) is 8.72. The fourth-order valence-electron chi connectivity index (χ4n) is 3.62. The largest absolute Gasteiger partial charge is 0.500 e. The van der Waals surface area contributed by atoms with Crippen LogP contribution < -0.4 is 0 Å². The van der Waals surface area contributed by atoms with Crippen LogP contribution >= 0.6 is 0 Å². The van der Waals surface area contributed by atoms with E-state index in [4.69, 9.17) is 9.47 Å². The molecule has 0 aromatic carbocycles. The summed E-state index contributed by atoms with van der Waals surface area (Å²) in [4.78, 5) is 4.23. The van der Waals surface area contributed by atoms with E-state index in [1.54, 1.807) is 7.11 Å². The number of hydrogen-bond acceptors (Lipinski definition) is 3. The Kier molecular flexibility index (Phi) is 4.68. The van der Waals surface area contributed by atoms with E-state index >= 15 is 0 Å². The number of methoxy groups -OCH3 is 1. The minimum absolute atomic E-state index is 0.0335. The minimum atomic E-state index is -0.233. The summed E-state index contributed by atoms with van der Waals surface area (Å²) in [5.74, 6) is 1.72. The van der Waals surface area contributed by atoms with Crippen LogP contribution in [0.5, 0.6) is 0 Å². The van der Waals surface area contributed by atoms with Crippen molar-refractivity contribution in [1.82, 2.24) is 9.55 Å². The molecule has 3 rings (SSSR count). The number of aromatic nitrogens is 2. The summed E-state index contributed by atoms with van der Waals surface area (Å²) in [6.45, 7) is 8.68. The average Bonchev–Trinajstić information content (AvgIpc) is 3.04. The average molecular weight is 328 g/mol. The summed E-state index contributed by atoms with van der Waals surface area (Å²) in [7, 11) is 1.76. The summed E-state index contributed by atoms with van der Waals surface area (Å²) < 4.78 is 14.2. The molecule has 0 saturated heterocycles. The van der Waals surface area contributed by atoms with E-state index < -0.39 is 0 Å². The van der Waals surface area contributed by atoms with Crippen LogP contribution in [0.4, 0.5) is 0 Å². The predicted octanol–water partition coefficient (Wildman–Crippen LogP) is 4.29. The third-order valence-corrected chi connectivity index (χ3v) is 4.71. The van der Waals surface area contributed by atoms with E-state index in [2.05, 4.69) is 61.6 Å². The molecule has 1 aromatic rings. The number of nitrogens with zero attached hydrogens (tertiary/aromatic N) is 2. The van der Waals surface area contributed by atoms with Crippen LogP contribution in [-0.2, 0) is 9.47 Å². The molecule has 130 valence electrons. The first-order chi connectivity index (χ1) is 11.4. The van der Waals surface area contributed by atoms with Gasteiger partial charge in [-0.3, -0.25) is 0 Å². The van der Waals surface area contributed by atoms with Gasteiger partial charge in [0.2, 0.25) is 0 Å². The Morgan fingerprint density at radius 1 is 1.33 bits per heavy atom. The molecule has 0 radical (unpaired) electrons. The Balaban J connectivity index is 2.01. The van der Waals surface area contributed by atoms with Gasteiger partial charge in [0.05, 0.1) is 37.1 Å². The first kappa shape index (κ1) is 17.0. The second-order valence-electron chi connectivity index (χ2n) is 7.61. The number of fused-ring (bicyclic) bond motifs is 1. The molecule has 0 spiro atoms. The highest BCUT2D eigenvalue weighted by Crippen LogP contribution is 2.40. The van der Waals surface area contributed by atoms with Crippen molar-refractivity contribution in [2.24, 2.45) is 11.8 Å². The quantitative estimate of drug-likeness (QED) is 0.757. The van der Waals surface area contributed by atoms with Gasteiger partial charge in [-0.05, 0) is 26.2 Å². The lowest BCUT2D eigenvalue weighted by molar-refractivity contribution is -0.0494. The molecule has 0 fully saturated rings. The van der Waals surface area contributed by atoms with E-state index in [0.29, 0.717) is 5.92 Å². The van der Waals surface area contributed by atoms with Gasteiger partial charge in [-0.2, -0.15) is 0 Å². The molecule has 0 saturated carbocycles. The van der Waals surface area contributed by atoms with Crippen LogP contribution in [0, 0.1) is 11.8 Å². The molecule has 1 aliphatic carbocycles. The number of hydrogen-bond donors (Lipinski definition) is 0. The highest BCUT2D eigenvalue weighted by molar-refractivity contribution is 5.38. The van der Waals surface area contributed by atoms with Gasteiger partial charge in [0.1, 0.15) is 5.76 Å². The zero-order chi connectivity index (χ0) is 17.3. The van der Waals surface area contributed by atoms with Crippen molar-refractivity contribution >= 4 is 0 Å². The summed E-state index contributed by atoms with van der Waals surface area (Å²) in [5.41, 5.74) is 0.988. The summed E-state index contributed by atoms with van der Waals surface area (Å²) >= 11 is 0. The van der Waals surface area contributed by atoms with Gasteiger partial charge in [-0.15, -0.1) is 0 Å². The van der Waals surface area contributed by atoms with E-state index in [-0.39, 0.29) is 23.7 Å². The number of imidazole rings is 1.